The lowest BCUT2D eigenvalue weighted by Crippen LogP contribution is -2.30. The van der Waals surface area contributed by atoms with Crippen LogP contribution in [0.5, 0.6) is 11.5 Å². The second kappa shape index (κ2) is 7.70. The molecule has 0 aliphatic carbocycles. The number of methoxy groups -OCH3 is 1. The third-order valence-corrected chi connectivity index (χ3v) is 3.44. The summed E-state index contributed by atoms with van der Waals surface area (Å²) in [6.45, 7) is 1.43. The molecule has 2 N–H and O–H groups in total. The van der Waals surface area contributed by atoms with Crippen LogP contribution in [0.3, 0.4) is 0 Å². The summed E-state index contributed by atoms with van der Waals surface area (Å²) in [6, 6.07) is 10.7. The largest absolute Gasteiger partial charge is 0.507 e. The van der Waals surface area contributed by atoms with E-state index in [-0.39, 0.29) is 11.3 Å². The fourth-order valence-corrected chi connectivity index (χ4v) is 1.99. The van der Waals surface area contributed by atoms with E-state index >= 15 is 0 Å². The molecule has 2 aromatic rings. The van der Waals surface area contributed by atoms with Crippen LogP contribution in [-0.2, 0) is 9.53 Å². The summed E-state index contributed by atoms with van der Waals surface area (Å²) in [4.78, 5) is 24.1. The van der Waals surface area contributed by atoms with Crippen molar-refractivity contribution in [2.75, 3.05) is 12.4 Å². The average Bonchev–Trinajstić information content (AvgIpc) is 2.56. The Morgan fingerprint density at radius 1 is 1.17 bits per heavy atom. The number of esters is 1. The topological polar surface area (TPSA) is 84.9 Å². The molecule has 0 fully saturated rings. The monoisotopic (exact) mass is 349 g/mol. The smallest absolute Gasteiger partial charge is 0.342 e. The van der Waals surface area contributed by atoms with E-state index in [4.69, 9.17) is 21.1 Å². The number of benzene rings is 2. The fraction of sp³-hybridized carbons (Fsp3) is 0.176. The number of nitrogens with one attached hydrogen (secondary N) is 1. The predicted octanol–water partition coefficient (Wildman–Crippen LogP) is 3.24. The van der Waals surface area contributed by atoms with Crippen LogP contribution >= 0.6 is 11.6 Å². The number of phenolic OH excluding ortho intramolecular Hbond substituents is 1. The molecule has 0 spiro atoms. The first-order valence-electron chi connectivity index (χ1n) is 7.05. The summed E-state index contributed by atoms with van der Waals surface area (Å²) in [6.07, 6.45) is -1.05. The molecule has 24 heavy (non-hydrogen) atoms. The maximum atomic E-state index is 12.1. The Morgan fingerprint density at radius 3 is 2.42 bits per heavy atom. The lowest BCUT2D eigenvalue weighted by Gasteiger charge is -2.14. The summed E-state index contributed by atoms with van der Waals surface area (Å²) in [7, 11) is 1.44. The molecule has 6 nitrogen and oxygen atoms in total. The molecule has 0 saturated carbocycles. The lowest BCUT2D eigenvalue weighted by molar-refractivity contribution is -0.123. The number of halogens is 1. The normalized spacial score (nSPS) is 11.5. The molecular formula is C17H16ClNO5. The minimum Gasteiger partial charge on any atom is -0.507 e. The maximum Gasteiger partial charge on any atom is 0.342 e. The summed E-state index contributed by atoms with van der Waals surface area (Å²) >= 11 is 5.77. The number of hydrogen-bond donors (Lipinski definition) is 2. The number of aromatic hydroxyl groups is 1. The summed E-state index contributed by atoms with van der Waals surface area (Å²) in [5.41, 5.74) is 0.474. The van der Waals surface area contributed by atoms with E-state index in [1.165, 1.54) is 32.2 Å². The third kappa shape index (κ3) is 4.39. The molecule has 0 radical (unpaired) electrons. The Labute approximate surface area is 144 Å². The quantitative estimate of drug-likeness (QED) is 0.809. The van der Waals surface area contributed by atoms with E-state index in [1.807, 2.05) is 0 Å². The van der Waals surface area contributed by atoms with Gasteiger partial charge in [-0.15, -0.1) is 0 Å². The van der Waals surface area contributed by atoms with Crippen molar-refractivity contribution >= 4 is 29.2 Å². The van der Waals surface area contributed by atoms with Gasteiger partial charge in [0.2, 0.25) is 0 Å². The van der Waals surface area contributed by atoms with Gasteiger partial charge in [0.05, 0.1) is 7.11 Å². The van der Waals surface area contributed by atoms with E-state index in [2.05, 4.69) is 5.32 Å². The van der Waals surface area contributed by atoms with Crippen molar-refractivity contribution in [2.45, 2.75) is 13.0 Å². The highest BCUT2D eigenvalue weighted by Gasteiger charge is 2.21. The van der Waals surface area contributed by atoms with Gasteiger partial charge in [-0.3, -0.25) is 4.79 Å². The van der Waals surface area contributed by atoms with Crippen LogP contribution < -0.4 is 10.1 Å². The fourth-order valence-electron chi connectivity index (χ4n) is 1.87. The van der Waals surface area contributed by atoms with Crippen LogP contribution in [0.25, 0.3) is 0 Å². The van der Waals surface area contributed by atoms with Crippen LogP contribution in [0, 0.1) is 0 Å². The van der Waals surface area contributed by atoms with E-state index in [9.17, 15) is 14.7 Å². The predicted molar refractivity (Wildman–Crippen MR) is 89.6 cm³/mol. The Morgan fingerprint density at radius 2 is 1.83 bits per heavy atom. The van der Waals surface area contributed by atoms with E-state index in [0.29, 0.717) is 16.5 Å². The van der Waals surface area contributed by atoms with Crippen molar-refractivity contribution in [3.8, 4) is 11.5 Å². The number of ether oxygens (including phenoxy) is 2. The molecule has 126 valence electrons. The molecule has 1 atom stereocenters. The van der Waals surface area contributed by atoms with Gasteiger partial charge in [0.25, 0.3) is 5.91 Å². The molecule has 0 aliphatic rings. The highest BCUT2D eigenvalue weighted by molar-refractivity contribution is 6.30. The minimum atomic E-state index is -1.05. The number of amides is 1. The molecular weight excluding hydrogens is 334 g/mol. The average molecular weight is 350 g/mol. The molecule has 0 heterocycles. The van der Waals surface area contributed by atoms with Crippen molar-refractivity contribution in [2.24, 2.45) is 0 Å². The number of carbonyl (C=O) groups is 2. The van der Waals surface area contributed by atoms with Crippen molar-refractivity contribution in [3.63, 3.8) is 0 Å². The number of carbonyl (C=O) groups excluding carboxylic acids is 2. The minimum absolute atomic E-state index is 0.0538. The second-order valence-electron chi connectivity index (χ2n) is 4.93. The van der Waals surface area contributed by atoms with Crippen molar-refractivity contribution in [1.29, 1.82) is 0 Å². The molecule has 2 rings (SSSR count). The van der Waals surface area contributed by atoms with Gasteiger partial charge < -0.3 is 19.9 Å². The van der Waals surface area contributed by atoms with Gasteiger partial charge in [-0.05, 0) is 43.3 Å². The zero-order chi connectivity index (χ0) is 17.7. The molecule has 7 heteroatoms. The number of anilines is 1. The molecule has 2 aromatic carbocycles. The standard InChI is InChI=1S/C17H16ClNO5/c1-10(16(21)19-12-5-3-11(18)4-6-12)24-17(22)14-8-7-13(23-2)9-15(14)20/h3-10,20H,1-2H3,(H,19,21)/t10-/m0/s1. The van der Waals surface area contributed by atoms with Gasteiger partial charge >= 0.3 is 5.97 Å². The first kappa shape index (κ1) is 17.6. The summed E-state index contributed by atoms with van der Waals surface area (Å²) in [5.74, 6) is -1.20. The van der Waals surface area contributed by atoms with Crippen molar-refractivity contribution < 1.29 is 24.2 Å². The van der Waals surface area contributed by atoms with Crippen LogP contribution in [-0.4, -0.2) is 30.2 Å². The van der Waals surface area contributed by atoms with Gasteiger partial charge in [-0.25, -0.2) is 4.79 Å². The zero-order valence-corrected chi connectivity index (χ0v) is 13.8. The summed E-state index contributed by atoms with van der Waals surface area (Å²) < 4.78 is 10.0. The van der Waals surface area contributed by atoms with Gasteiger partial charge in [0, 0.05) is 16.8 Å². The summed E-state index contributed by atoms with van der Waals surface area (Å²) in [5, 5.41) is 13.0. The molecule has 0 aromatic heterocycles. The number of rotatable bonds is 5. The molecule has 0 aliphatic heterocycles. The SMILES string of the molecule is COc1ccc(C(=O)O[C@@H](C)C(=O)Nc2ccc(Cl)cc2)c(O)c1. The molecule has 0 unspecified atom stereocenters. The number of phenols is 1. The van der Waals surface area contributed by atoms with Gasteiger partial charge in [0.15, 0.2) is 6.10 Å². The Hall–Kier alpha value is -2.73. The molecule has 0 bridgehead atoms. The maximum absolute atomic E-state index is 12.1. The van der Waals surface area contributed by atoms with Crippen LogP contribution in [0.4, 0.5) is 5.69 Å². The number of hydrogen-bond acceptors (Lipinski definition) is 5. The van der Waals surface area contributed by atoms with Gasteiger partial charge in [-0.2, -0.15) is 0 Å². The Kier molecular flexibility index (Phi) is 5.65. The van der Waals surface area contributed by atoms with Crippen LogP contribution in [0.15, 0.2) is 42.5 Å². The van der Waals surface area contributed by atoms with Crippen molar-refractivity contribution in [1.82, 2.24) is 0 Å². The highest BCUT2D eigenvalue weighted by atomic mass is 35.5. The third-order valence-electron chi connectivity index (χ3n) is 3.19. The van der Waals surface area contributed by atoms with E-state index in [0.717, 1.165) is 0 Å². The van der Waals surface area contributed by atoms with E-state index < -0.39 is 18.0 Å². The van der Waals surface area contributed by atoms with Crippen LogP contribution in [0.1, 0.15) is 17.3 Å². The second-order valence-corrected chi connectivity index (χ2v) is 5.36. The van der Waals surface area contributed by atoms with Gasteiger partial charge in [-0.1, -0.05) is 11.6 Å². The van der Waals surface area contributed by atoms with Crippen molar-refractivity contribution in [3.05, 3.63) is 53.1 Å². The Balaban J connectivity index is 2.00. The van der Waals surface area contributed by atoms with Crippen LogP contribution in [0.2, 0.25) is 5.02 Å². The van der Waals surface area contributed by atoms with E-state index in [1.54, 1.807) is 24.3 Å². The molecule has 0 saturated heterocycles. The highest BCUT2D eigenvalue weighted by Crippen LogP contribution is 2.24. The first-order chi connectivity index (χ1) is 11.4. The Bertz CT molecular complexity index is 745. The molecule has 1 amide bonds. The zero-order valence-electron chi connectivity index (χ0n) is 13.1. The first-order valence-corrected chi connectivity index (χ1v) is 7.43. The lowest BCUT2D eigenvalue weighted by atomic mass is 10.2. The van der Waals surface area contributed by atoms with Gasteiger partial charge in [0.1, 0.15) is 17.1 Å².